The van der Waals surface area contributed by atoms with Crippen molar-refractivity contribution in [2.24, 2.45) is 0 Å². The third-order valence-corrected chi connectivity index (χ3v) is 11.3. The summed E-state index contributed by atoms with van der Waals surface area (Å²) in [6.07, 6.45) is 3.70. The minimum atomic E-state index is -0.580. The Morgan fingerprint density at radius 3 is 1.41 bits per heavy atom. The fourth-order valence-corrected chi connectivity index (χ4v) is 8.72. The first-order valence-corrected chi connectivity index (χ1v) is 18.9. The van der Waals surface area contributed by atoms with Crippen LogP contribution in [-0.2, 0) is 5.41 Å². The van der Waals surface area contributed by atoms with Crippen molar-refractivity contribution >= 4 is 0 Å². The van der Waals surface area contributed by atoms with Gasteiger partial charge in [0.05, 0.1) is 16.8 Å². The first-order chi connectivity index (χ1) is 27.7. The predicted octanol–water partition coefficient (Wildman–Crippen LogP) is 12.7. The van der Waals surface area contributed by atoms with Crippen molar-refractivity contribution in [3.63, 3.8) is 0 Å². The van der Waals surface area contributed by atoms with Gasteiger partial charge in [-0.3, -0.25) is 4.98 Å². The summed E-state index contributed by atoms with van der Waals surface area (Å²) in [6, 6.07) is 66.4. The van der Waals surface area contributed by atoms with Crippen molar-refractivity contribution in [2.45, 2.75) is 5.41 Å². The summed E-state index contributed by atoms with van der Waals surface area (Å²) < 4.78 is 6.60. The molecular weight excluding hydrogens is 683 g/mol. The second-order valence-electron chi connectivity index (χ2n) is 14.4. The molecular formula is C52H33N3O. The van der Waals surface area contributed by atoms with Crippen LogP contribution < -0.4 is 4.74 Å². The summed E-state index contributed by atoms with van der Waals surface area (Å²) in [5, 5.41) is 0. The third kappa shape index (κ3) is 5.04. The quantitative estimate of drug-likeness (QED) is 0.178. The van der Waals surface area contributed by atoms with E-state index in [1.54, 1.807) is 0 Å². The summed E-state index contributed by atoms with van der Waals surface area (Å²) in [4.78, 5) is 14.8. The van der Waals surface area contributed by atoms with Gasteiger partial charge >= 0.3 is 0 Å². The molecule has 0 saturated heterocycles. The Bertz CT molecular complexity index is 2880. The molecule has 0 N–H and O–H groups in total. The van der Waals surface area contributed by atoms with Crippen LogP contribution in [0, 0.1) is 0 Å². The first-order valence-electron chi connectivity index (χ1n) is 18.9. The molecule has 11 rings (SSSR count). The molecule has 0 bridgehead atoms. The molecule has 0 amide bonds. The molecule has 56 heavy (non-hydrogen) atoms. The SMILES string of the molecule is c1ccc(-c2ccc(-c3cc(-c4ccccc4)nc(-c4ccc5c(c4)-c4cc(-c6ccncc6)ccc4C54c5ccccc5Oc5ccccc54)n3)cc2)cc1. The van der Waals surface area contributed by atoms with Crippen LogP contribution in [0.2, 0.25) is 0 Å². The number of hydrogen-bond acceptors (Lipinski definition) is 4. The molecule has 262 valence electrons. The maximum absolute atomic E-state index is 6.60. The zero-order valence-electron chi connectivity index (χ0n) is 30.3. The molecule has 1 aliphatic heterocycles. The Morgan fingerprint density at radius 2 is 0.786 bits per heavy atom. The monoisotopic (exact) mass is 715 g/mol. The highest BCUT2D eigenvalue weighted by molar-refractivity contribution is 5.92. The standard InChI is InChI=1S/C52H33N3O/c1-3-11-34(12-4-1)35-19-21-38(22-20-35)48-33-47(37-13-5-2-6-14-37)54-51(55-48)40-24-26-44-42(32-40)41-31-39(36-27-29-53-30-28-36)23-25-43(41)52(44)45-15-7-9-17-49(45)56-50-18-10-8-16-46(50)52/h1-33H. The lowest BCUT2D eigenvalue weighted by molar-refractivity contribution is 0.436. The van der Waals surface area contributed by atoms with Gasteiger partial charge in [0, 0.05) is 40.2 Å². The average molecular weight is 716 g/mol. The molecule has 0 fully saturated rings. The second kappa shape index (κ2) is 12.9. The van der Waals surface area contributed by atoms with Gasteiger partial charge in [-0.15, -0.1) is 0 Å². The van der Waals surface area contributed by atoms with Gasteiger partial charge < -0.3 is 4.74 Å². The number of aromatic nitrogens is 3. The molecule has 1 aliphatic carbocycles. The summed E-state index contributed by atoms with van der Waals surface area (Å²) >= 11 is 0. The number of para-hydroxylation sites is 2. The summed E-state index contributed by atoms with van der Waals surface area (Å²) in [7, 11) is 0. The number of nitrogens with zero attached hydrogens (tertiary/aromatic N) is 3. The van der Waals surface area contributed by atoms with Crippen LogP contribution in [-0.4, -0.2) is 15.0 Å². The van der Waals surface area contributed by atoms with Crippen LogP contribution in [0.1, 0.15) is 22.3 Å². The molecule has 0 unspecified atom stereocenters. The van der Waals surface area contributed by atoms with Crippen molar-refractivity contribution in [1.82, 2.24) is 15.0 Å². The number of benzene rings is 7. The van der Waals surface area contributed by atoms with Crippen molar-refractivity contribution in [2.75, 3.05) is 0 Å². The summed E-state index contributed by atoms with van der Waals surface area (Å²) in [5.41, 5.74) is 15.8. The fourth-order valence-electron chi connectivity index (χ4n) is 8.72. The average Bonchev–Trinajstić information content (AvgIpc) is 3.56. The fraction of sp³-hybridized carbons (Fsp3) is 0.0192. The lowest BCUT2D eigenvalue weighted by atomic mass is 9.66. The number of fused-ring (bicyclic) bond motifs is 9. The highest BCUT2D eigenvalue weighted by atomic mass is 16.5. The van der Waals surface area contributed by atoms with Gasteiger partial charge in [-0.25, -0.2) is 9.97 Å². The van der Waals surface area contributed by atoms with E-state index in [1.165, 1.54) is 27.8 Å². The smallest absolute Gasteiger partial charge is 0.160 e. The van der Waals surface area contributed by atoms with Gasteiger partial charge in [-0.1, -0.05) is 146 Å². The van der Waals surface area contributed by atoms with E-state index < -0.39 is 5.41 Å². The molecule has 9 aromatic rings. The number of rotatable bonds is 5. The Labute approximate surface area is 325 Å². The molecule has 0 atom stereocenters. The van der Waals surface area contributed by atoms with E-state index in [1.807, 2.05) is 24.5 Å². The van der Waals surface area contributed by atoms with E-state index >= 15 is 0 Å². The van der Waals surface area contributed by atoms with Crippen LogP contribution >= 0.6 is 0 Å². The Hall–Kier alpha value is -7.43. The van der Waals surface area contributed by atoms with Crippen LogP contribution in [0.4, 0.5) is 0 Å². The first kappa shape index (κ1) is 32.0. The zero-order chi connectivity index (χ0) is 37.1. The van der Waals surface area contributed by atoms with Crippen LogP contribution in [0.5, 0.6) is 11.5 Å². The Balaban J connectivity index is 1.13. The molecule has 0 radical (unpaired) electrons. The minimum Gasteiger partial charge on any atom is -0.457 e. The van der Waals surface area contributed by atoms with Gasteiger partial charge in [0.2, 0.25) is 0 Å². The molecule has 3 heterocycles. The highest BCUT2D eigenvalue weighted by Gasteiger charge is 2.51. The van der Waals surface area contributed by atoms with Crippen molar-refractivity contribution < 1.29 is 4.74 Å². The molecule has 7 aromatic carbocycles. The van der Waals surface area contributed by atoms with E-state index in [4.69, 9.17) is 14.7 Å². The number of hydrogen-bond donors (Lipinski definition) is 0. The van der Waals surface area contributed by atoms with Crippen molar-refractivity contribution in [1.29, 1.82) is 0 Å². The molecule has 2 aliphatic rings. The minimum absolute atomic E-state index is 0.580. The van der Waals surface area contributed by atoms with E-state index in [0.29, 0.717) is 5.82 Å². The van der Waals surface area contributed by atoms with Crippen molar-refractivity contribution in [3.05, 3.63) is 223 Å². The van der Waals surface area contributed by atoms with Crippen LogP contribution in [0.3, 0.4) is 0 Å². The Kier molecular flexibility index (Phi) is 7.36. The molecule has 1 spiro atoms. The van der Waals surface area contributed by atoms with E-state index in [-0.39, 0.29) is 0 Å². The lowest BCUT2D eigenvalue weighted by Gasteiger charge is -2.39. The highest BCUT2D eigenvalue weighted by Crippen LogP contribution is 2.62. The second-order valence-corrected chi connectivity index (χ2v) is 14.4. The van der Waals surface area contributed by atoms with Gasteiger partial charge in [0.25, 0.3) is 0 Å². The largest absolute Gasteiger partial charge is 0.457 e. The maximum Gasteiger partial charge on any atom is 0.160 e. The molecule has 0 saturated carbocycles. The predicted molar refractivity (Wildman–Crippen MR) is 224 cm³/mol. The maximum atomic E-state index is 6.60. The normalized spacial score (nSPS) is 12.9. The van der Waals surface area contributed by atoms with Gasteiger partial charge in [0.1, 0.15) is 11.5 Å². The lowest BCUT2D eigenvalue weighted by Crippen LogP contribution is -2.32. The van der Waals surface area contributed by atoms with E-state index in [0.717, 1.165) is 67.4 Å². The van der Waals surface area contributed by atoms with Crippen LogP contribution in [0.25, 0.3) is 67.3 Å². The number of pyridine rings is 1. The topological polar surface area (TPSA) is 47.9 Å². The number of ether oxygens (including phenoxy) is 1. The Morgan fingerprint density at radius 1 is 0.339 bits per heavy atom. The summed E-state index contributed by atoms with van der Waals surface area (Å²) in [6.45, 7) is 0. The van der Waals surface area contributed by atoms with Gasteiger partial charge in [0.15, 0.2) is 5.82 Å². The van der Waals surface area contributed by atoms with E-state index in [9.17, 15) is 0 Å². The summed E-state index contributed by atoms with van der Waals surface area (Å²) in [5.74, 6) is 2.42. The molecule has 2 aromatic heterocycles. The molecule has 4 nitrogen and oxygen atoms in total. The zero-order valence-corrected chi connectivity index (χ0v) is 30.3. The van der Waals surface area contributed by atoms with Gasteiger partial charge in [-0.2, -0.15) is 0 Å². The molecule has 4 heteroatoms. The van der Waals surface area contributed by atoms with E-state index in [2.05, 4.69) is 181 Å². The van der Waals surface area contributed by atoms with Gasteiger partial charge in [-0.05, 0) is 87.0 Å². The van der Waals surface area contributed by atoms with Crippen molar-refractivity contribution in [3.8, 4) is 78.8 Å². The third-order valence-electron chi connectivity index (χ3n) is 11.3. The van der Waals surface area contributed by atoms with Crippen LogP contribution in [0.15, 0.2) is 200 Å².